The Morgan fingerprint density at radius 2 is 2.03 bits per heavy atom. The molecule has 172 valence electrons. The van der Waals surface area contributed by atoms with E-state index in [-0.39, 0.29) is 5.91 Å². The highest BCUT2D eigenvalue weighted by atomic mass is 35.5. The number of thiazole rings is 1. The zero-order valence-corrected chi connectivity index (χ0v) is 20.3. The molecule has 0 aliphatic rings. The van der Waals surface area contributed by atoms with Crippen molar-refractivity contribution in [3.8, 4) is 17.3 Å². The van der Waals surface area contributed by atoms with Gasteiger partial charge in [0.05, 0.1) is 30.5 Å². The maximum Gasteiger partial charge on any atom is 0.271 e. The number of furan rings is 2. The first-order chi connectivity index (χ1) is 16.6. The highest BCUT2D eigenvalue weighted by Crippen LogP contribution is 2.32. The molecule has 0 aliphatic carbocycles. The van der Waals surface area contributed by atoms with Crippen molar-refractivity contribution in [1.82, 2.24) is 25.1 Å². The van der Waals surface area contributed by atoms with Crippen LogP contribution in [0, 0.1) is 6.92 Å². The average Bonchev–Trinajstić information content (AvgIpc) is 3.64. The van der Waals surface area contributed by atoms with Crippen LogP contribution >= 0.6 is 34.7 Å². The molecule has 11 heteroatoms. The number of nitrogens with one attached hydrogen (secondary N) is 1. The van der Waals surface area contributed by atoms with E-state index in [2.05, 4.69) is 20.5 Å². The van der Waals surface area contributed by atoms with Gasteiger partial charge in [0.15, 0.2) is 10.9 Å². The van der Waals surface area contributed by atoms with E-state index >= 15 is 0 Å². The van der Waals surface area contributed by atoms with Crippen molar-refractivity contribution in [3.05, 3.63) is 87.4 Å². The first kappa shape index (κ1) is 22.5. The van der Waals surface area contributed by atoms with Gasteiger partial charge < -0.3 is 14.2 Å². The number of aryl methyl sites for hydroxylation is 1. The Morgan fingerprint density at radius 3 is 2.82 bits per heavy atom. The van der Waals surface area contributed by atoms with Crippen LogP contribution in [0.5, 0.6) is 0 Å². The largest absolute Gasteiger partial charge is 0.467 e. The van der Waals surface area contributed by atoms with Crippen molar-refractivity contribution >= 4 is 40.6 Å². The molecule has 4 aromatic heterocycles. The average molecular weight is 512 g/mol. The van der Waals surface area contributed by atoms with Crippen LogP contribution in [-0.4, -0.2) is 25.7 Å². The predicted molar refractivity (Wildman–Crippen MR) is 130 cm³/mol. The minimum absolute atomic E-state index is 0.248. The van der Waals surface area contributed by atoms with Crippen LogP contribution in [0.4, 0.5) is 0 Å². The number of hydrogen-bond donors (Lipinski definition) is 1. The Morgan fingerprint density at radius 1 is 1.18 bits per heavy atom. The van der Waals surface area contributed by atoms with Gasteiger partial charge in [-0.05, 0) is 48.9 Å². The highest BCUT2D eigenvalue weighted by molar-refractivity contribution is 7.98. The second kappa shape index (κ2) is 9.88. The molecule has 0 radical (unpaired) electrons. The van der Waals surface area contributed by atoms with Crippen LogP contribution in [0.3, 0.4) is 0 Å². The molecule has 0 aliphatic heterocycles. The van der Waals surface area contributed by atoms with E-state index in [1.54, 1.807) is 36.1 Å². The summed E-state index contributed by atoms with van der Waals surface area (Å²) in [7, 11) is 0. The topological polar surface area (TPSA) is 99.0 Å². The second-order valence-electron chi connectivity index (χ2n) is 7.23. The maximum absolute atomic E-state index is 12.4. The van der Waals surface area contributed by atoms with Crippen molar-refractivity contribution in [1.29, 1.82) is 0 Å². The number of carbonyl (C=O) groups excluding carboxylic acids is 1. The van der Waals surface area contributed by atoms with Gasteiger partial charge in [-0.25, -0.2) is 4.98 Å². The fourth-order valence-corrected chi connectivity index (χ4v) is 5.15. The molecule has 0 atom stereocenters. The maximum atomic E-state index is 12.4. The third-order valence-electron chi connectivity index (χ3n) is 4.90. The van der Waals surface area contributed by atoms with Gasteiger partial charge >= 0.3 is 0 Å². The Labute approximate surface area is 208 Å². The van der Waals surface area contributed by atoms with Gasteiger partial charge in [-0.3, -0.25) is 9.36 Å². The van der Waals surface area contributed by atoms with Crippen LogP contribution in [-0.2, 0) is 12.3 Å². The summed E-state index contributed by atoms with van der Waals surface area (Å²) >= 11 is 9.18. The van der Waals surface area contributed by atoms with Gasteiger partial charge in [0, 0.05) is 10.4 Å². The molecule has 0 fully saturated rings. The lowest BCUT2D eigenvalue weighted by Crippen LogP contribution is -2.22. The number of carbonyl (C=O) groups is 1. The summed E-state index contributed by atoms with van der Waals surface area (Å²) in [6.45, 7) is 2.31. The molecule has 0 spiro atoms. The summed E-state index contributed by atoms with van der Waals surface area (Å²) in [5.74, 6) is 2.13. The van der Waals surface area contributed by atoms with Crippen LogP contribution < -0.4 is 5.32 Å². The fourth-order valence-electron chi connectivity index (χ4n) is 3.25. The molecule has 0 unspecified atom stereocenters. The molecule has 8 nitrogen and oxygen atoms in total. The van der Waals surface area contributed by atoms with E-state index < -0.39 is 0 Å². The molecule has 34 heavy (non-hydrogen) atoms. The van der Waals surface area contributed by atoms with E-state index in [0.29, 0.717) is 45.5 Å². The number of thioether (sulfide) groups is 1. The quantitative estimate of drug-likeness (QED) is 0.264. The summed E-state index contributed by atoms with van der Waals surface area (Å²) in [5.41, 5.74) is 2.25. The molecule has 1 N–H and O–H groups in total. The van der Waals surface area contributed by atoms with Gasteiger partial charge in [0.2, 0.25) is 5.82 Å². The van der Waals surface area contributed by atoms with Crippen LogP contribution in [0.2, 0.25) is 5.02 Å². The summed E-state index contributed by atoms with van der Waals surface area (Å²) in [6.07, 6.45) is 3.17. The van der Waals surface area contributed by atoms with E-state index in [4.69, 9.17) is 20.4 Å². The molecule has 0 saturated carbocycles. The summed E-state index contributed by atoms with van der Waals surface area (Å²) in [4.78, 5) is 16.9. The number of aromatic nitrogens is 4. The number of rotatable bonds is 8. The normalized spacial score (nSPS) is 11.1. The number of benzene rings is 1. The smallest absolute Gasteiger partial charge is 0.271 e. The lowest BCUT2D eigenvalue weighted by Gasteiger charge is -2.12. The molecule has 1 aromatic carbocycles. The molecular weight excluding hydrogens is 494 g/mol. The highest BCUT2D eigenvalue weighted by Gasteiger charge is 2.20. The first-order valence-electron chi connectivity index (χ1n) is 10.2. The van der Waals surface area contributed by atoms with Crippen molar-refractivity contribution in [2.24, 2.45) is 0 Å². The lowest BCUT2D eigenvalue weighted by molar-refractivity contribution is 0.0943. The van der Waals surface area contributed by atoms with Gasteiger partial charge in [-0.1, -0.05) is 29.4 Å². The number of halogens is 1. The molecule has 5 aromatic rings. The molecule has 0 bridgehead atoms. The third-order valence-corrected chi connectivity index (χ3v) is 7.11. The molecule has 5 rings (SSSR count). The van der Waals surface area contributed by atoms with Crippen molar-refractivity contribution in [2.75, 3.05) is 0 Å². The minimum atomic E-state index is -0.248. The second-order valence-corrected chi connectivity index (χ2v) is 9.55. The Kier molecular flexibility index (Phi) is 6.52. The SMILES string of the molecule is Cc1ccc(Cl)cc1-n1c(SCc2nc(C(=O)NCc3ccco3)cs2)nnc1-c1ccco1. The first-order valence-corrected chi connectivity index (χ1v) is 12.5. The number of hydrogen-bond acceptors (Lipinski definition) is 8. The van der Waals surface area contributed by atoms with Crippen LogP contribution in [0.15, 0.2) is 74.4 Å². The third kappa shape index (κ3) is 4.79. The molecule has 0 saturated heterocycles. The number of nitrogens with zero attached hydrogens (tertiary/aromatic N) is 4. The Balaban J connectivity index is 1.35. The number of amides is 1. The zero-order valence-electron chi connectivity index (χ0n) is 17.9. The molecular formula is C23H18ClN5O3S2. The van der Waals surface area contributed by atoms with E-state index in [1.807, 2.05) is 35.8 Å². The fraction of sp³-hybridized carbons (Fsp3) is 0.130. The Hall–Kier alpha value is -3.34. The van der Waals surface area contributed by atoms with Gasteiger partial charge in [-0.2, -0.15) is 0 Å². The van der Waals surface area contributed by atoms with Crippen molar-refractivity contribution < 1.29 is 13.6 Å². The zero-order chi connectivity index (χ0) is 23.5. The van der Waals surface area contributed by atoms with Gasteiger partial charge in [0.1, 0.15) is 16.5 Å². The van der Waals surface area contributed by atoms with Gasteiger partial charge in [-0.15, -0.1) is 21.5 Å². The monoisotopic (exact) mass is 511 g/mol. The van der Waals surface area contributed by atoms with E-state index in [0.717, 1.165) is 16.3 Å². The van der Waals surface area contributed by atoms with E-state index in [9.17, 15) is 4.79 Å². The molecule has 4 heterocycles. The summed E-state index contributed by atoms with van der Waals surface area (Å²) in [6, 6.07) is 12.9. The summed E-state index contributed by atoms with van der Waals surface area (Å²) < 4.78 is 12.7. The van der Waals surface area contributed by atoms with E-state index in [1.165, 1.54) is 23.1 Å². The van der Waals surface area contributed by atoms with Crippen molar-refractivity contribution in [2.45, 2.75) is 24.4 Å². The predicted octanol–water partition coefficient (Wildman–Crippen LogP) is 5.76. The molecule has 1 amide bonds. The summed E-state index contributed by atoms with van der Waals surface area (Å²) in [5, 5.41) is 15.4. The minimum Gasteiger partial charge on any atom is -0.467 e. The van der Waals surface area contributed by atoms with Crippen LogP contribution in [0.25, 0.3) is 17.3 Å². The Bertz CT molecular complexity index is 1410. The van der Waals surface area contributed by atoms with Crippen molar-refractivity contribution in [3.63, 3.8) is 0 Å². The van der Waals surface area contributed by atoms with Gasteiger partial charge in [0.25, 0.3) is 5.91 Å². The standard InChI is InChI=1S/C23H18ClN5O3S2/c1-14-6-7-15(24)10-18(14)29-21(19-5-3-9-32-19)27-28-23(29)34-13-20-26-17(12-33-20)22(30)25-11-16-4-2-8-31-16/h2-10,12H,11,13H2,1H3,(H,25,30). The lowest BCUT2D eigenvalue weighted by atomic mass is 10.2. The van der Waals surface area contributed by atoms with Crippen LogP contribution in [0.1, 0.15) is 26.8 Å².